The van der Waals surface area contributed by atoms with Crippen LogP contribution in [0.1, 0.15) is 66.2 Å². The van der Waals surface area contributed by atoms with Crippen molar-refractivity contribution in [2.45, 2.75) is 66.2 Å². The zero-order valence-electron chi connectivity index (χ0n) is 14.6. The van der Waals surface area contributed by atoms with Gasteiger partial charge in [-0.3, -0.25) is 9.59 Å². The molecule has 4 nitrogen and oxygen atoms in total. The molecule has 0 aliphatic heterocycles. The van der Waals surface area contributed by atoms with Crippen molar-refractivity contribution in [2.24, 2.45) is 23.7 Å². The predicted molar refractivity (Wildman–Crippen MR) is 86.3 cm³/mol. The summed E-state index contributed by atoms with van der Waals surface area (Å²) in [6, 6.07) is 0. The van der Waals surface area contributed by atoms with Crippen LogP contribution in [0.5, 0.6) is 0 Å². The van der Waals surface area contributed by atoms with Crippen LogP contribution in [-0.2, 0) is 19.1 Å². The fraction of sp³-hybridized carbons (Fsp3) is 0.889. The largest absolute Gasteiger partial charge is 0.466 e. The van der Waals surface area contributed by atoms with Crippen molar-refractivity contribution in [1.82, 2.24) is 0 Å². The summed E-state index contributed by atoms with van der Waals surface area (Å²) in [6.07, 6.45) is 9.53. The minimum Gasteiger partial charge on any atom is -0.466 e. The van der Waals surface area contributed by atoms with Gasteiger partial charge in [0.15, 0.2) is 0 Å². The van der Waals surface area contributed by atoms with E-state index in [9.17, 15) is 9.59 Å². The molecule has 3 aliphatic carbocycles. The van der Waals surface area contributed by atoms with Gasteiger partial charge in [-0.25, -0.2) is 0 Å². The second kappa shape index (κ2) is 9.86. The Hall–Kier alpha value is -1.06. The molecule has 0 saturated heterocycles. The Morgan fingerprint density at radius 3 is 1.50 bits per heavy atom. The van der Waals surface area contributed by atoms with Crippen LogP contribution in [0.2, 0.25) is 0 Å². The van der Waals surface area contributed by atoms with Gasteiger partial charge >= 0.3 is 11.9 Å². The van der Waals surface area contributed by atoms with E-state index in [0.29, 0.717) is 13.2 Å². The number of ether oxygens (including phenoxy) is 2. The van der Waals surface area contributed by atoms with Gasteiger partial charge in [0.1, 0.15) is 0 Å². The molecule has 0 heterocycles. The predicted octanol–water partition coefficient (Wildman–Crippen LogP) is 3.97. The Kier molecular flexibility index (Phi) is 8.51. The first-order valence-corrected chi connectivity index (χ1v) is 8.76. The highest BCUT2D eigenvalue weighted by molar-refractivity contribution is 5.66. The van der Waals surface area contributed by atoms with Gasteiger partial charge < -0.3 is 9.47 Å². The van der Waals surface area contributed by atoms with Crippen molar-refractivity contribution in [3.63, 3.8) is 0 Å². The van der Waals surface area contributed by atoms with Crippen LogP contribution >= 0.6 is 0 Å². The molecular formula is C18H32O4. The molecule has 3 aliphatic rings. The van der Waals surface area contributed by atoms with Gasteiger partial charge in [-0.05, 0) is 69.6 Å². The zero-order chi connectivity index (χ0) is 16.5. The van der Waals surface area contributed by atoms with Crippen molar-refractivity contribution >= 4 is 11.9 Å². The number of fused-ring (bicyclic) bond motifs is 5. The van der Waals surface area contributed by atoms with Crippen LogP contribution in [0.4, 0.5) is 0 Å². The number of carbonyl (C=O) groups excluding carboxylic acids is 2. The number of hydrogen-bond donors (Lipinski definition) is 0. The Bertz CT molecular complexity index is 321. The quantitative estimate of drug-likeness (QED) is 0.724. The van der Waals surface area contributed by atoms with Gasteiger partial charge in [-0.15, -0.1) is 0 Å². The smallest absolute Gasteiger partial charge is 0.302 e. The lowest BCUT2D eigenvalue weighted by Crippen LogP contribution is -2.15. The molecule has 4 heteroatoms. The fourth-order valence-corrected chi connectivity index (χ4v) is 4.42. The van der Waals surface area contributed by atoms with Crippen LogP contribution in [-0.4, -0.2) is 25.2 Å². The van der Waals surface area contributed by atoms with Gasteiger partial charge in [0, 0.05) is 13.8 Å². The van der Waals surface area contributed by atoms with Crippen molar-refractivity contribution < 1.29 is 19.1 Å². The van der Waals surface area contributed by atoms with Crippen LogP contribution in [0, 0.1) is 23.7 Å². The zero-order valence-corrected chi connectivity index (χ0v) is 14.6. The summed E-state index contributed by atoms with van der Waals surface area (Å²) in [4.78, 5) is 19.6. The molecule has 0 N–H and O–H groups in total. The third kappa shape index (κ3) is 5.98. The first kappa shape index (κ1) is 19.0. The molecule has 2 bridgehead atoms. The maximum atomic E-state index is 9.82. The molecule has 0 aromatic carbocycles. The van der Waals surface area contributed by atoms with Crippen LogP contribution in [0.15, 0.2) is 0 Å². The Morgan fingerprint density at radius 2 is 1.23 bits per heavy atom. The number of carbonyl (C=O) groups is 2. The van der Waals surface area contributed by atoms with E-state index in [4.69, 9.17) is 0 Å². The molecule has 4 unspecified atom stereocenters. The lowest BCUT2D eigenvalue weighted by Gasteiger charge is -2.23. The van der Waals surface area contributed by atoms with Gasteiger partial charge in [0.2, 0.25) is 0 Å². The molecule has 4 atom stereocenters. The number of hydrogen-bond acceptors (Lipinski definition) is 4. The van der Waals surface area contributed by atoms with E-state index in [2.05, 4.69) is 9.47 Å². The monoisotopic (exact) mass is 312 g/mol. The molecule has 0 spiro atoms. The van der Waals surface area contributed by atoms with Gasteiger partial charge in [0.25, 0.3) is 0 Å². The first-order valence-electron chi connectivity index (χ1n) is 8.76. The molecule has 3 saturated carbocycles. The lowest BCUT2D eigenvalue weighted by molar-refractivity contribution is -0.141. The van der Waals surface area contributed by atoms with E-state index in [1.54, 1.807) is 52.4 Å². The second-order valence-electron chi connectivity index (χ2n) is 6.44. The Balaban J connectivity index is 0.000000179. The molecule has 128 valence electrons. The summed E-state index contributed by atoms with van der Waals surface area (Å²) in [5.41, 5.74) is 0. The Labute approximate surface area is 134 Å². The molecule has 0 radical (unpaired) electrons. The van der Waals surface area contributed by atoms with E-state index in [-0.39, 0.29) is 11.9 Å². The molecular weight excluding hydrogens is 280 g/mol. The molecule has 22 heavy (non-hydrogen) atoms. The summed E-state index contributed by atoms with van der Waals surface area (Å²) in [7, 11) is 0. The third-order valence-corrected chi connectivity index (χ3v) is 5.04. The van der Waals surface area contributed by atoms with E-state index < -0.39 is 0 Å². The van der Waals surface area contributed by atoms with E-state index >= 15 is 0 Å². The summed E-state index contributed by atoms with van der Waals surface area (Å²) in [5, 5.41) is 0. The summed E-state index contributed by atoms with van der Waals surface area (Å²) in [5.74, 6) is 4.38. The highest BCUT2D eigenvalue weighted by Crippen LogP contribution is 2.58. The molecule has 3 fully saturated rings. The van der Waals surface area contributed by atoms with E-state index in [0.717, 1.165) is 0 Å². The number of esters is 2. The number of rotatable bonds is 2. The van der Waals surface area contributed by atoms with Crippen LogP contribution in [0.25, 0.3) is 0 Å². The topological polar surface area (TPSA) is 52.6 Å². The fourth-order valence-electron chi connectivity index (χ4n) is 4.42. The molecule has 0 aromatic heterocycles. The molecule has 0 amide bonds. The maximum absolute atomic E-state index is 9.82. The highest BCUT2D eigenvalue weighted by atomic mass is 16.5. The van der Waals surface area contributed by atoms with Crippen molar-refractivity contribution in [3.05, 3.63) is 0 Å². The van der Waals surface area contributed by atoms with Gasteiger partial charge in [0.05, 0.1) is 13.2 Å². The van der Waals surface area contributed by atoms with Crippen molar-refractivity contribution in [1.29, 1.82) is 0 Å². The minimum atomic E-state index is -0.211. The third-order valence-electron chi connectivity index (χ3n) is 5.04. The molecule has 3 rings (SSSR count). The van der Waals surface area contributed by atoms with E-state index in [1.807, 2.05) is 0 Å². The normalized spacial score (nSPS) is 30.4. The van der Waals surface area contributed by atoms with Gasteiger partial charge in [-0.1, -0.05) is 6.42 Å². The van der Waals surface area contributed by atoms with Crippen molar-refractivity contribution in [2.75, 3.05) is 13.2 Å². The van der Waals surface area contributed by atoms with E-state index in [1.165, 1.54) is 37.5 Å². The van der Waals surface area contributed by atoms with Crippen LogP contribution < -0.4 is 0 Å². The standard InChI is InChI=1S/C10H16.2C4H8O2/c1-2-9-7-4-5-8(6-7)10(9)3-1;2*1-3-6-4(2)5/h7-10H,1-6H2;2*3H2,1-2H3. The summed E-state index contributed by atoms with van der Waals surface area (Å²) >= 11 is 0. The first-order chi connectivity index (χ1) is 10.5. The average molecular weight is 312 g/mol. The minimum absolute atomic E-state index is 0.211. The lowest BCUT2D eigenvalue weighted by atomic mass is 9.82. The Morgan fingerprint density at radius 1 is 0.818 bits per heavy atom. The second-order valence-corrected chi connectivity index (χ2v) is 6.44. The van der Waals surface area contributed by atoms with Crippen molar-refractivity contribution in [3.8, 4) is 0 Å². The van der Waals surface area contributed by atoms with Gasteiger partial charge in [-0.2, -0.15) is 0 Å². The summed E-state index contributed by atoms with van der Waals surface area (Å²) in [6.45, 7) is 7.31. The SMILES string of the molecule is C1CC2C3CCC(C3)C2C1.CCOC(C)=O.CCOC(C)=O. The average Bonchev–Trinajstić information content (AvgIpc) is 3.14. The van der Waals surface area contributed by atoms with Crippen LogP contribution in [0.3, 0.4) is 0 Å². The maximum Gasteiger partial charge on any atom is 0.302 e. The summed E-state index contributed by atoms with van der Waals surface area (Å²) < 4.78 is 8.81. The molecule has 0 aromatic rings. The highest BCUT2D eigenvalue weighted by Gasteiger charge is 2.48.